The fourth-order valence-electron chi connectivity index (χ4n) is 1.91. The van der Waals surface area contributed by atoms with Gasteiger partial charge in [-0.1, -0.05) is 27.5 Å². The molecule has 2 rings (SSSR count). The zero-order chi connectivity index (χ0) is 17.0. The van der Waals surface area contributed by atoms with Gasteiger partial charge in [-0.05, 0) is 36.4 Å². The molecule has 0 saturated heterocycles. The van der Waals surface area contributed by atoms with E-state index in [0.717, 1.165) is 4.47 Å². The van der Waals surface area contributed by atoms with Crippen molar-refractivity contribution >= 4 is 45.1 Å². The molecule has 1 N–H and O–H groups in total. The second-order valence-electron chi connectivity index (χ2n) is 4.48. The van der Waals surface area contributed by atoms with E-state index in [1.807, 2.05) is 0 Å². The molecule has 0 atom stereocenters. The molecule has 7 heteroatoms. The highest BCUT2D eigenvalue weighted by Gasteiger charge is 2.16. The molecular weight excluding hydrogens is 386 g/mol. The van der Waals surface area contributed by atoms with Gasteiger partial charge in [0.25, 0.3) is 5.91 Å². The van der Waals surface area contributed by atoms with Crippen molar-refractivity contribution < 1.29 is 19.1 Å². The Labute approximate surface area is 146 Å². The molecule has 0 fully saturated rings. The van der Waals surface area contributed by atoms with Crippen LogP contribution in [0.1, 0.15) is 20.7 Å². The number of hydrogen-bond acceptors (Lipinski definition) is 4. The van der Waals surface area contributed by atoms with E-state index in [-0.39, 0.29) is 5.56 Å². The molecule has 0 aliphatic heterocycles. The third kappa shape index (κ3) is 4.03. The van der Waals surface area contributed by atoms with Crippen LogP contribution < -0.4 is 10.1 Å². The van der Waals surface area contributed by atoms with E-state index in [2.05, 4.69) is 26.0 Å². The minimum atomic E-state index is -0.516. The van der Waals surface area contributed by atoms with Crippen molar-refractivity contribution in [3.63, 3.8) is 0 Å². The number of anilines is 1. The van der Waals surface area contributed by atoms with Gasteiger partial charge < -0.3 is 14.8 Å². The molecule has 0 unspecified atom stereocenters. The maximum absolute atomic E-state index is 12.5. The van der Waals surface area contributed by atoms with Crippen molar-refractivity contribution in [1.82, 2.24) is 0 Å². The first-order valence-corrected chi connectivity index (χ1v) is 7.66. The number of hydrogen-bond donors (Lipinski definition) is 1. The maximum atomic E-state index is 12.5. The number of carbonyl (C=O) groups excluding carboxylic acids is 2. The summed E-state index contributed by atoms with van der Waals surface area (Å²) in [6, 6.07) is 9.56. The largest absolute Gasteiger partial charge is 0.496 e. The Balaban J connectivity index is 2.34. The first-order chi connectivity index (χ1) is 11.0. The minimum Gasteiger partial charge on any atom is -0.496 e. The van der Waals surface area contributed by atoms with Crippen molar-refractivity contribution in [2.75, 3.05) is 19.5 Å². The Morgan fingerprint density at radius 1 is 1.13 bits per heavy atom. The van der Waals surface area contributed by atoms with E-state index in [1.54, 1.807) is 18.2 Å². The van der Waals surface area contributed by atoms with E-state index < -0.39 is 11.9 Å². The van der Waals surface area contributed by atoms with Gasteiger partial charge in [0.2, 0.25) is 0 Å². The van der Waals surface area contributed by atoms with Crippen molar-refractivity contribution in [2.45, 2.75) is 0 Å². The summed E-state index contributed by atoms with van der Waals surface area (Å²) in [5.74, 6) is -0.504. The number of esters is 1. The van der Waals surface area contributed by atoms with Crippen LogP contribution in [-0.4, -0.2) is 26.1 Å². The standard InChI is InChI=1S/C16H13BrClNO4/c1-22-14-6-4-10(17)8-11(14)15(20)19-13-7-9(16(21)23-2)3-5-12(13)18/h3-8H,1-2H3,(H,19,20). The first kappa shape index (κ1) is 17.3. The summed E-state index contributed by atoms with van der Waals surface area (Å²) >= 11 is 9.38. The van der Waals surface area contributed by atoms with Crippen LogP contribution in [0.4, 0.5) is 5.69 Å². The molecule has 0 heterocycles. The molecule has 120 valence electrons. The van der Waals surface area contributed by atoms with Gasteiger partial charge in [-0.25, -0.2) is 4.79 Å². The number of methoxy groups -OCH3 is 2. The molecule has 0 radical (unpaired) electrons. The van der Waals surface area contributed by atoms with Gasteiger partial charge in [-0.3, -0.25) is 4.79 Å². The number of halogens is 2. The van der Waals surface area contributed by atoms with Gasteiger partial charge in [-0.15, -0.1) is 0 Å². The number of ether oxygens (including phenoxy) is 2. The molecular formula is C16H13BrClNO4. The van der Waals surface area contributed by atoms with Crippen molar-refractivity contribution in [2.24, 2.45) is 0 Å². The summed E-state index contributed by atoms with van der Waals surface area (Å²) < 4.78 is 10.6. The lowest BCUT2D eigenvalue weighted by Gasteiger charge is -2.11. The van der Waals surface area contributed by atoms with Gasteiger partial charge in [0.05, 0.1) is 36.1 Å². The topological polar surface area (TPSA) is 64.6 Å². The number of rotatable bonds is 4. The van der Waals surface area contributed by atoms with Crippen LogP contribution >= 0.6 is 27.5 Å². The Kier molecular flexibility index (Phi) is 5.63. The Morgan fingerprint density at radius 2 is 1.87 bits per heavy atom. The number of carbonyl (C=O) groups is 2. The summed E-state index contributed by atoms with van der Waals surface area (Å²) in [5.41, 5.74) is 0.927. The predicted molar refractivity (Wildman–Crippen MR) is 91.4 cm³/mol. The normalized spacial score (nSPS) is 10.1. The molecule has 23 heavy (non-hydrogen) atoms. The summed E-state index contributed by atoms with van der Waals surface area (Å²) in [5, 5.41) is 2.97. The lowest BCUT2D eigenvalue weighted by molar-refractivity contribution is 0.0600. The molecule has 2 aromatic carbocycles. The highest BCUT2D eigenvalue weighted by molar-refractivity contribution is 9.10. The quantitative estimate of drug-likeness (QED) is 0.786. The molecule has 1 amide bonds. The van der Waals surface area contributed by atoms with Crippen LogP contribution in [0.2, 0.25) is 5.02 Å². The summed E-state index contributed by atoms with van der Waals surface area (Å²) in [6.45, 7) is 0. The molecule has 0 bridgehead atoms. The number of nitrogens with one attached hydrogen (secondary N) is 1. The van der Waals surface area contributed by atoms with Crippen LogP contribution in [0.15, 0.2) is 40.9 Å². The lowest BCUT2D eigenvalue weighted by atomic mass is 10.1. The second kappa shape index (κ2) is 7.48. The van der Waals surface area contributed by atoms with Gasteiger partial charge >= 0.3 is 5.97 Å². The van der Waals surface area contributed by atoms with Gasteiger partial charge in [0.1, 0.15) is 5.75 Å². The smallest absolute Gasteiger partial charge is 0.337 e. The average Bonchev–Trinajstić information content (AvgIpc) is 2.56. The Hall–Kier alpha value is -2.05. The van der Waals surface area contributed by atoms with E-state index in [0.29, 0.717) is 22.0 Å². The predicted octanol–water partition coefficient (Wildman–Crippen LogP) is 4.15. The third-order valence-corrected chi connectivity index (χ3v) is 3.86. The molecule has 2 aromatic rings. The zero-order valence-electron chi connectivity index (χ0n) is 12.4. The average molecular weight is 399 g/mol. The second-order valence-corrected chi connectivity index (χ2v) is 5.81. The van der Waals surface area contributed by atoms with E-state index in [4.69, 9.17) is 16.3 Å². The number of benzene rings is 2. The lowest BCUT2D eigenvalue weighted by Crippen LogP contribution is -2.14. The molecule has 0 aromatic heterocycles. The SMILES string of the molecule is COC(=O)c1ccc(Cl)c(NC(=O)c2cc(Br)ccc2OC)c1. The van der Waals surface area contributed by atoms with Crippen LogP contribution in [-0.2, 0) is 4.74 Å². The van der Waals surface area contributed by atoms with E-state index >= 15 is 0 Å². The highest BCUT2D eigenvalue weighted by Crippen LogP contribution is 2.27. The molecule has 0 saturated carbocycles. The Bertz CT molecular complexity index is 764. The van der Waals surface area contributed by atoms with E-state index in [9.17, 15) is 9.59 Å². The maximum Gasteiger partial charge on any atom is 0.337 e. The third-order valence-electron chi connectivity index (χ3n) is 3.04. The zero-order valence-corrected chi connectivity index (χ0v) is 14.7. The van der Waals surface area contributed by atoms with Crippen molar-refractivity contribution in [3.05, 3.63) is 57.0 Å². The number of amides is 1. The monoisotopic (exact) mass is 397 g/mol. The molecule has 0 aliphatic carbocycles. The highest BCUT2D eigenvalue weighted by atomic mass is 79.9. The van der Waals surface area contributed by atoms with Gasteiger partial charge in [-0.2, -0.15) is 0 Å². The fourth-order valence-corrected chi connectivity index (χ4v) is 2.44. The van der Waals surface area contributed by atoms with Gasteiger partial charge in [0.15, 0.2) is 0 Å². The first-order valence-electron chi connectivity index (χ1n) is 6.49. The molecule has 0 aliphatic rings. The van der Waals surface area contributed by atoms with E-state index in [1.165, 1.54) is 32.4 Å². The van der Waals surface area contributed by atoms with Crippen LogP contribution in [0.3, 0.4) is 0 Å². The summed E-state index contributed by atoms with van der Waals surface area (Å²) in [7, 11) is 2.76. The minimum absolute atomic E-state index is 0.286. The summed E-state index contributed by atoms with van der Waals surface area (Å²) in [6.07, 6.45) is 0. The van der Waals surface area contributed by atoms with Gasteiger partial charge in [0, 0.05) is 4.47 Å². The van der Waals surface area contributed by atoms with Crippen LogP contribution in [0.5, 0.6) is 5.75 Å². The van der Waals surface area contributed by atoms with Crippen LogP contribution in [0, 0.1) is 0 Å². The Morgan fingerprint density at radius 3 is 2.52 bits per heavy atom. The van der Waals surface area contributed by atoms with Crippen molar-refractivity contribution in [3.8, 4) is 5.75 Å². The fraction of sp³-hybridized carbons (Fsp3) is 0.125. The molecule has 0 spiro atoms. The van der Waals surface area contributed by atoms with Crippen molar-refractivity contribution in [1.29, 1.82) is 0 Å². The molecule has 5 nitrogen and oxygen atoms in total. The summed E-state index contributed by atoms with van der Waals surface area (Å²) in [4.78, 5) is 24.0. The van der Waals surface area contributed by atoms with Crippen LogP contribution in [0.25, 0.3) is 0 Å².